The normalized spacial score (nSPS) is 11.0. The summed E-state index contributed by atoms with van der Waals surface area (Å²) in [5.41, 5.74) is 2.75. The van der Waals surface area contributed by atoms with Crippen LogP contribution in [-0.4, -0.2) is 5.91 Å². The number of anilines is 1. The molecule has 0 atom stereocenters. The molecule has 0 radical (unpaired) electrons. The minimum absolute atomic E-state index is 0.104. The van der Waals surface area contributed by atoms with Crippen molar-refractivity contribution in [3.63, 3.8) is 0 Å². The second kappa shape index (κ2) is 10.1. The van der Waals surface area contributed by atoms with Crippen molar-refractivity contribution in [2.75, 3.05) is 5.32 Å². The van der Waals surface area contributed by atoms with E-state index in [1.807, 2.05) is 25.1 Å². The molecule has 0 aliphatic rings. The summed E-state index contributed by atoms with van der Waals surface area (Å²) in [5.74, 6) is -0.627. The van der Waals surface area contributed by atoms with Gasteiger partial charge < -0.3 is 10.1 Å². The third-order valence-corrected chi connectivity index (χ3v) is 4.86. The molecular formula is C24H17Cl2FN2O2. The monoisotopic (exact) mass is 454 g/mol. The maximum absolute atomic E-state index is 13.0. The Bertz CT molecular complexity index is 1140. The first-order valence-electron chi connectivity index (χ1n) is 9.22. The van der Waals surface area contributed by atoms with E-state index in [1.54, 1.807) is 36.4 Å². The van der Waals surface area contributed by atoms with E-state index in [0.29, 0.717) is 11.3 Å². The number of hydrogen-bond acceptors (Lipinski definition) is 3. The van der Waals surface area contributed by atoms with E-state index in [-0.39, 0.29) is 33.8 Å². The molecule has 0 fully saturated rings. The average molecular weight is 455 g/mol. The van der Waals surface area contributed by atoms with Gasteiger partial charge in [0.1, 0.15) is 24.1 Å². The summed E-state index contributed by atoms with van der Waals surface area (Å²) < 4.78 is 18.7. The lowest BCUT2D eigenvalue weighted by atomic mass is 10.1. The van der Waals surface area contributed by atoms with Gasteiger partial charge in [-0.3, -0.25) is 4.79 Å². The smallest absolute Gasteiger partial charge is 0.266 e. The summed E-state index contributed by atoms with van der Waals surface area (Å²) in [4.78, 5) is 12.4. The highest BCUT2D eigenvalue weighted by Crippen LogP contribution is 2.35. The van der Waals surface area contributed by atoms with Gasteiger partial charge in [-0.25, -0.2) is 4.39 Å². The molecule has 1 N–H and O–H groups in total. The Morgan fingerprint density at radius 1 is 1.10 bits per heavy atom. The molecule has 0 spiro atoms. The molecule has 0 saturated carbocycles. The fourth-order valence-electron chi connectivity index (χ4n) is 2.69. The molecule has 4 nitrogen and oxygen atoms in total. The van der Waals surface area contributed by atoms with E-state index >= 15 is 0 Å². The van der Waals surface area contributed by atoms with Crippen LogP contribution in [0.25, 0.3) is 6.08 Å². The van der Waals surface area contributed by atoms with Crippen molar-refractivity contribution >= 4 is 40.9 Å². The van der Waals surface area contributed by atoms with Gasteiger partial charge in [0.05, 0.1) is 10.0 Å². The fourth-order valence-corrected chi connectivity index (χ4v) is 3.30. The Labute approximate surface area is 189 Å². The van der Waals surface area contributed by atoms with Crippen LogP contribution in [-0.2, 0) is 11.4 Å². The molecule has 0 aromatic heterocycles. The van der Waals surface area contributed by atoms with Crippen molar-refractivity contribution in [2.45, 2.75) is 13.5 Å². The van der Waals surface area contributed by atoms with Crippen molar-refractivity contribution in [1.29, 1.82) is 5.26 Å². The van der Waals surface area contributed by atoms with Gasteiger partial charge in [-0.05, 0) is 60.5 Å². The maximum Gasteiger partial charge on any atom is 0.266 e. The first-order valence-corrected chi connectivity index (χ1v) is 9.97. The van der Waals surface area contributed by atoms with Gasteiger partial charge in [-0.1, -0.05) is 53.0 Å². The zero-order valence-electron chi connectivity index (χ0n) is 16.5. The number of rotatable bonds is 6. The van der Waals surface area contributed by atoms with Crippen molar-refractivity contribution < 1.29 is 13.9 Å². The van der Waals surface area contributed by atoms with E-state index in [9.17, 15) is 14.4 Å². The summed E-state index contributed by atoms with van der Waals surface area (Å²) in [6, 6.07) is 18.1. The van der Waals surface area contributed by atoms with Crippen LogP contribution < -0.4 is 10.1 Å². The molecule has 0 aliphatic carbocycles. The summed E-state index contributed by atoms with van der Waals surface area (Å²) in [7, 11) is 0. The largest absolute Gasteiger partial charge is 0.486 e. The highest BCUT2D eigenvalue weighted by atomic mass is 35.5. The fraction of sp³-hybridized carbons (Fsp3) is 0.0833. The van der Waals surface area contributed by atoms with E-state index in [0.717, 1.165) is 11.1 Å². The molecular weight excluding hydrogens is 438 g/mol. The zero-order chi connectivity index (χ0) is 22.4. The second-order valence-corrected chi connectivity index (χ2v) is 7.53. The van der Waals surface area contributed by atoms with E-state index in [2.05, 4.69) is 5.32 Å². The third kappa shape index (κ3) is 6.08. The van der Waals surface area contributed by atoms with Crippen LogP contribution in [0.15, 0.2) is 66.2 Å². The van der Waals surface area contributed by atoms with Crippen LogP contribution in [0.2, 0.25) is 10.0 Å². The first kappa shape index (κ1) is 22.4. The average Bonchev–Trinajstić information content (AvgIpc) is 2.74. The summed E-state index contributed by atoms with van der Waals surface area (Å²) >= 11 is 12.6. The predicted molar refractivity (Wildman–Crippen MR) is 121 cm³/mol. The Morgan fingerprint density at radius 3 is 2.29 bits per heavy atom. The molecule has 0 heterocycles. The number of nitriles is 1. The summed E-state index contributed by atoms with van der Waals surface area (Å²) in [6.45, 7) is 2.09. The topological polar surface area (TPSA) is 62.1 Å². The van der Waals surface area contributed by atoms with Gasteiger partial charge in [0.2, 0.25) is 0 Å². The maximum atomic E-state index is 13.0. The molecule has 3 aromatic carbocycles. The molecule has 3 rings (SSSR count). The lowest BCUT2D eigenvalue weighted by Gasteiger charge is -2.11. The Hall–Kier alpha value is -3.33. The number of hydrogen-bond donors (Lipinski definition) is 1. The second-order valence-electron chi connectivity index (χ2n) is 6.72. The number of amides is 1. The molecule has 7 heteroatoms. The van der Waals surface area contributed by atoms with Crippen LogP contribution in [0.3, 0.4) is 0 Å². The molecule has 0 saturated heterocycles. The summed E-state index contributed by atoms with van der Waals surface area (Å²) in [6.07, 6.45) is 1.39. The van der Waals surface area contributed by atoms with Gasteiger partial charge >= 0.3 is 0 Å². The van der Waals surface area contributed by atoms with Crippen molar-refractivity contribution in [1.82, 2.24) is 0 Å². The van der Waals surface area contributed by atoms with Gasteiger partial charge in [0.25, 0.3) is 5.91 Å². The number of carbonyl (C=O) groups excluding carboxylic acids is 1. The van der Waals surface area contributed by atoms with Crippen LogP contribution in [0.1, 0.15) is 16.7 Å². The molecule has 31 heavy (non-hydrogen) atoms. The van der Waals surface area contributed by atoms with Gasteiger partial charge in [-0.15, -0.1) is 0 Å². The van der Waals surface area contributed by atoms with Gasteiger partial charge in [-0.2, -0.15) is 5.26 Å². The molecule has 3 aromatic rings. The van der Waals surface area contributed by atoms with Crippen LogP contribution in [0.5, 0.6) is 5.75 Å². The number of nitrogens with zero attached hydrogens (tertiary/aromatic N) is 1. The molecule has 1 amide bonds. The number of benzene rings is 3. The van der Waals surface area contributed by atoms with E-state index in [1.165, 1.54) is 18.2 Å². The number of carbonyl (C=O) groups is 1. The Kier molecular flexibility index (Phi) is 7.30. The molecule has 156 valence electrons. The minimum Gasteiger partial charge on any atom is -0.486 e. The first-order chi connectivity index (χ1) is 14.9. The SMILES string of the molecule is Cc1ccc(NC(=O)/C(C#N)=C/c2cc(Cl)c(OCc3ccc(F)cc3)c(Cl)c2)cc1. The zero-order valence-corrected chi connectivity index (χ0v) is 18.0. The van der Waals surface area contributed by atoms with Crippen molar-refractivity contribution in [3.05, 3.63) is 98.8 Å². The lowest BCUT2D eigenvalue weighted by Crippen LogP contribution is -2.13. The molecule has 0 bridgehead atoms. The van der Waals surface area contributed by atoms with Crippen molar-refractivity contribution in [3.8, 4) is 11.8 Å². The Morgan fingerprint density at radius 2 is 1.71 bits per heavy atom. The van der Waals surface area contributed by atoms with Gasteiger partial charge in [0, 0.05) is 5.69 Å². The molecule has 0 aliphatic heterocycles. The number of halogens is 3. The van der Waals surface area contributed by atoms with Crippen molar-refractivity contribution in [2.24, 2.45) is 0 Å². The number of aryl methyl sites for hydroxylation is 1. The predicted octanol–water partition coefficient (Wildman–Crippen LogP) is 6.57. The Balaban J connectivity index is 1.76. The highest BCUT2D eigenvalue weighted by molar-refractivity contribution is 6.37. The molecule has 0 unspecified atom stereocenters. The lowest BCUT2D eigenvalue weighted by molar-refractivity contribution is -0.112. The van der Waals surface area contributed by atoms with Crippen LogP contribution >= 0.6 is 23.2 Å². The van der Waals surface area contributed by atoms with E-state index in [4.69, 9.17) is 27.9 Å². The van der Waals surface area contributed by atoms with Crippen LogP contribution in [0, 0.1) is 24.1 Å². The summed E-state index contributed by atoms with van der Waals surface area (Å²) in [5, 5.41) is 12.5. The highest BCUT2D eigenvalue weighted by Gasteiger charge is 2.13. The third-order valence-electron chi connectivity index (χ3n) is 4.30. The quantitative estimate of drug-likeness (QED) is 0.338. The van der Waals surface area contributed by atoms with Gasteiger partial charge in [0.15, 0.2) is 5.75 Å². The standard InChI is InChI=1S/C24H17Cl2FN2O2/c1-15-2-8-20(9-3-15)29-24(30)18(13-28)10-17-11-21(25)23(22(26)12-17)31-14-16-4-6-19(27)7-5-16/h2-12H,14H2,1H3,(H,29,30)/b18-10+. The van der Waals surface area contributed by atoms with Crippen LogP contribution in [0.4, 0.5) is 10.1 Å². The van der Waals surface area contributed by atoms with E-state index < -0.39 is 5.91 Å². The number of nitrogens with one attached hydrogen (secondary N) is 1. The minimum atomic E-state index is -0.546. The number of ether oxygens (including phenoxy) is 1.